The molecule has 0 amide bonds. The number of esters is 1. The Labute approximate surface area is 205 Å². The molecule has 1 aliphatic carbocycles. The number of rotatable bonds is 4. The van der Waals surface area contributed by atoms with Crippen molar-refractivity contribution in [3.8, 4) is 11.4 Å². The van der Waals surface area contributed by atoms with Gasteiger partial charge in [-0.15, -0.1) is 0 Å². The molecule has 0 saturated heterocycles. The number of nitrogens with zero attached hydrogens (tertiary/aromatic N) is 1. The minimum atomic E-state index is -4.51. The van der Waals surface area contributed by atoms with E-state index in [9.17, 15) is 22.4 Å². The molecule has 2 aliphatic rings. The fraction of sp³-hybridized carbons (Fsp3) is 0.333. The number of nitrogens with one attached hydrogen (secondary N) is 1. The summed E-state index contributed by atoms with van der Waals surface area (Å²) in [7, 11) is 1.35. The molecule has 3 aromatic rings. The van der Waals surface area contributed by atoms with Crippen LogP contribution in [0.4, 0.5) is 17.6 Å². The second-order valence-electron chi connectivity index (χ2n) is 9.28. The summed E-state index contributed by atoms with van der Waals surface area (Å²) in [5.41, 5.74) is 2.22. The first kappa shape index (κ1) is 24.2. The molecule has 188 valence electrons. The molecule has 0 radical (unpaired) electrons. The molecule has 1 aliphatic heterocycles. The molecular formula is C27H24F4N2O3. The Balaban J connectivity index is 1.53. The van der Waals surface area contributed by atoms with Gasteiger partial charge in [-0.1, -0.05) is 24.3 Å². The van der Waals surface area contributed by atoms with E-state index in [1.54, 1.807) is 24.3 Å². The molecular weight excluding hydrogens is 476 g/mol. The SMILES string of the molecule is COC(=O)C1CCC2(C=C(c3cc(-c4ncc(C(F)(F)F)[nH]4)ccc3C)CO2)C1c1ccc(F)cc1. The van der Waals surface area contributed by atoms with Crippen LogP contribution in [0.25, 0.3) is 17.0 Å². The summed E-state index contributed by atoms with van der Waals surface area (Å²) in [5, 5.41) is 0. The topological polar surface area (TPSA) is 64.2 Å². The van der Waals surface area contributed by atoms with Crippen molar-refractivity contribution in [3.05, 3.63) is 82.9 Å². The van der Waals surface area contributed by atoms with E-state index in [1.807, 2.05) is 19.1 Å². The van der Waals surface area contributed by atoms with Crippen molar-refractivity contribution >= 4 is 11.5 Å². The summed E-state index contributed by atoms with van der Waals surface area (Å²) in [5.74, 6) is -1.42. The predicted octanol–water partition coefficient (Wildman–Crippen LogP) is 6.06. The highest BCUT2D eigenvalue weighted by molar-refractivity contribution is 5.78. The Hall–Kier alpha value is -3.46. The van der Waals surface area contributed by atoms with E-state index < -0.39 is 23.4 Å². The number of aromatic nitrogens is 2. The maximum Gasteiger partial charge on any atom is 0.432 e. The highest BCUT2D eigenvalue weighted by Crippen LogP contribution is 2.54. The molecule has 3 atom stereocenters. The zero-order chi connectivity index (χ0) is 25.7. The third-order valence-corrected chi connectivity index (χ3v) is 7.16. The first-order valence-corrected chi connectivity index (χ1v) is 11.5. The van der Waals surface area contributed by atoms with E-state index in [1.165, 1.54) is 19.2 Å². The van der Waals surface area contributed by atoms with Crippen molar-refractivity contribution < 1.29 is 31.8 Å². The second kappa shape index (κ2) is 8.89. The molecule has 2 aromatic carbocycles. The molecule has 1 aromatic heterocycles. The van der Waals surface area contributed by atoms with Crippen LogP contribution in [0.5, 0.6) is 0 Å². The van der Waals surface area contributed by atoms with E-state index in [2.05, 4.69) is 9.97 Å². The monoisotopic (exact) mass is 500 g/mol. The van der Waals surface area contributed by atoms with Gasteiger partial charge >= 0.3 is 12.1 Å². The van der Waals surface area contributed by atoms with E-state index in [0.717, 1.165) is 28.5 Å². The van der Waals surface area contributed by atoms with Crippen molar-refractivity contribution in [2.45, 2.75) is 37.5 Å². The summed E-state index contributed by atoms with van der Waals surface area (Å²) in [4.78, 5) is 18.9. The van der Waals surface area contributed by atoms with Gasteiger partial charge in [0.15, 0.2) is 0 Å². The van der Waals surface area contributed by atoms with Gasteiger partial charge in [-0.25, -0.2) is 9.37 Å². The summed E-state index contributed by atoms with van der Waals surface area (Å²) in [6, 6.07) is 11.4. The van der Waals surface area contributed by atoms with Crippen LogP contribution in [0.15, 0.2) is 54.7 Å². The Morgan fingerprint density at radius 1 is 1.19 bits per heavy atom. The lowest BCUT2D eigenvalue weighted by Crippen LogP contribution is -2.34. The third kappa shape index (κ3) is 4.21. The lowest BCUT2D eigenvalue weighted by Gasteiger charge is -2.31. The Kier molecular flexibility index (Phi) is 5.98. The molecule has 1 fully saturated rings. The summed E-state index contributed by atoms with van der Waals surface area (Å²) >= 11 is 0. The van der Waals surface area contributed by atoms with Crippen LogP contribution in [-0.4, -0.2) is 35.3 Å². The second-order valence-corrected chi connectivity index (χ2v) is 9.28. The van der Waals surface area contributed by atoms with E-state index in [-0.39, 0.29) is 30.1 Å². The summed E-state index contributed by atoms with van der Waals surface area (Å²) in [6.45, 7) is 2.18. The quantitative estimate of drug-likeness (QED) is 0.349. The fourth-order valence-corrected chi connectivity index (χ4v) is 5.43. The van der Waals surface area contributed by atoms with Crippen LogP contribution < -0.4 is 0 Å². The molecule has 1 saturated carbocycles. The maximum absolute atomic E-state index is 13.6. The normalized spacial score (nSPS) is 23.8. The van der Waals surface area contributed by atoms with Crippen molar-refractivity contribution in [2.75, 3.05) is 13.7 Å². The lowest BCUT2D eigenvalue weighted by atomic mass is 9.79. The van der Waals surface area contributed by atoms with Gasteiger partial charge in [0.05, 0.1) is 31.4 Å². The van der Waals surface area contributed by atoms with E-state index >= 15 is 0 Å². The number of imidazole rings is 1. The fourth-order valence-electron chi connectivity index (χ4n) is 5.43. The van der Waals surface area contributed by atoms with Gasteiger partial charge in [0.2, 0.25) is 0 Å². The maximum atomic E-state index is 13.6. The van der Waals surface area contributed by atoms with Crippen LogP contribution in [0.1, 0.15) is 41.1 Å². The highest BCUT2D eigenvalue weighted by atomic mass is 19.4. The van der Waals surface area contributed by atoms with Crippen LogP contribution >= 0.6 is 0 Å². The molecule has 9 heteroatoms. The number of benzene rings is 2. The van der Waals surface area contributed by atoms with Gasteiger partial charge in [0.25, 0.3) is 0 Å². The number of halogens is 4. The van der Waals surface area contributed by atoms with Crippen molar-refractivity contribution in [1.29, 1.82) is 0 Å². The first-order chi connectivity index (χ1) is 17.1. The Morgan fingerprint density at radius 2 is 1.94 bits per heavy atom. The minimum Gasteiger partial charge on any atom is -0.469 e. The summed E-state index contributed by atoms with van der Waals surface area (Å²) < 4.78 is 64.2. The third-order valence-electron chi connectivity index (χ3n) is 7.16. The number of ether oxygens (including phenoxy) is 2. The number of H-pyrrole nitrogens is 1. The number of hydrogen-bond donors (Lipinski definition) is 1. The number of methoxy groups -OCH3 is 1. The molecule has 5 rings (SSSR count). The Bertz CT molecular complexity index is 1330. The molecule has 0 bridgehead atoms. The molecule has 1 N–H and O–H groups in total. The average molecular weight is 500 g/mol. The number of carbonyl (C=O) groups excluding carboxylic acids is 1. The van der Waals surface area contributed by atoms with Gasteiger partial charge in [0, 0.05) is 11.5 Å². The molecule has 5 nitrogen and oxygen atoms in total. The van der Waals surface area contributed by atoms with Crippen LogP contribution in [0.3, 0.4) is 0 Å². The van der Waals surface area contributed by atoms with Crippen molar-refractivity contribution in [3.63, 3.8) is 0 Å². The zero-order valence-corrected chi connectivity index (χ0v) is 19.7. The standard InChI is InChI=1S/C27H24F4N2O3/c1-15-3-4-17(24-32-13-22(33-24)27(29,30)31)11-21(15)18-12-26(36-14-18)10-9-20(25(34)35-2)23(26)16-5-7-19(28)8-6-16/h3-8,11-13,20,23H,9-10,14H2,1-2H3,(H,32,33). The first-order valence-electron chi connectivity index (χ1n) is 11.5. The minimum absolute atomic E-state index is 0.119. The Morgan fingerprint density at radius 3 is 2.61 bits per heavy atom. The smallest absolute Gasteiger partial charge is 0.432 e. The molecule has 36 heavy (non-hydrogen) atoms. The largest absolute Gasteiger partial charge is 0.469 e. The van der Waals surface area contributed by atoms with Crippen LogP contribution in [0.2, 0.25) is 0 Å². The average Bonchev–Trinajstić information content (AvgIpc) is 3.59. The summed E-state index contributed by atoms with van der Waals surface area (Å²) in [6.07, 6.45) is -0.602. The number of alkyl halides is 3. The van der Waals surface area contributed by atoms with Crippen molar-refractivity contribution in [1.82, 2.24) is 9.97 Å². The highest BCUT2D eigenvalue weighted by Gasteiger charge is 2.54. The van der Waals surface area contributed by atoms with Gasteiger partial charge in [-0.05, 0) is 66.3 Å². The molecule has 2 heterocycles. The number of hydrogen-bond acceptors (Lipinski definition) is 4. The number of aryl methyl sites for hydroxylation is 1. The van der Waals surface area contributed by atoms with E-state index in [4.69, 9.17) is 9.47 Å². The zero-order valence-electron chi connectivity index (χ0n) is 19.7. The van der Waals surface area contributed by atoms with Gasteiger partial charge in [-0.2, -0.15) is 13.2 Å². The number of aromatic amines is 1. The van der Waals surface area contributed by atoms with Gasteiger partial charge in [0.1, 0.15) is 17.3 Å². The van der Waals surface area contributed by atoms with E-state index in [0.29, 0.717) is 18.4 Å². The molecule has 3 unspecified atom stereocenters. The van der Waals surface area contributed by atoms with Crippen molar-refractivity contribution in [2.24, 2.45) is 5.92 Å². The van der Waals surface area contributed by atoms with Gasteiger partial charge in [-0.3, -0.25) is 4.79 Å². The predicted molar refractivity (Wildman–Crippen MR) is 124 cm³/mol. The van der Waals surface area contributed by atoms with Crippen LogP contribution in [0, 0.1) is 18.7 Å². The van der Waals surface area contributed by atoms with Crippen LogP contribution in [-0.2, 0) is 20.4 Å². The van der Waals surface area contributed by atoms with Gasteiger partial charge < -0.3 is 14.5 Å². The molecule has 1 spiro atoms. The lowest BCUT2D eigenvalue weighted by molar-refractivity contribution is -0.146. The number of carbonyl (C=O) groups is 1.